The van der Waals surface area contributed by atoms with E-state index in [0.29, 0.717) is 37.4 Å². The van der Waals surface area contributed by atoms with Crippen LogP contribution in [0.1, 0.15) is 61.4 Å². The smallest absolute Gasteiger partial charge is 0.410 e. The largest absolute Gasteiger partial charge is 0.444 e. The number of hydrogen-bond donors (Lipinski definition) is 2. The number of ether oxygens (including phenoxy) is 1. The minimum absolute atomic E-state index is 0.152. The van der Waals surface area contributed by atoms with E-state index in [-0.39, 0.29) is 29.5 Å². The van der Waals surface area contributed by atoms with E-state index in [0.717, 1.165) is 46.6 Å². The lowest BCUT2D eigenvalue weighted by molar-refractivity contribution is 0.0218. The molecule has 3 aromatic carbocycles. The Morgan fingerprint density at radius 2 is 1.64 bits per heavy atom. The molecule has 47 heavy (non-hydrogen) atoms. The third-order valence-corrected chi connectivity index (χ3v) is 10.1. The zero-order valence-corrected chi connectivity index (χ0v) is 27.8. The Balaban J connectivity index is 1.07. The van der Waals surface area contributed by atoms with Crippen LogP contribution in [-0.2, 0) is 21.1 Å². The van der Waals surface area contributed by atoms with E-state index in [1.165, 1.54) is 0 Å². The van der Waals surface area contributed by atoms with Crippen LogP contribution in [0.4, 0.5) is 10.5 Å². The number of likely N-dealkylation sites (tertiary alicyclic amines) is 1. The second kappa shape index (κ2) is 13.3. The Labute approximate surface area is 276 Å². The van der Waals surface area contributed by atoms with Gasteiger partial charge in [-0.2, -0.15) is 0 Å². The molecule has 1 aromatic heterocycles. The number of carbonyl (C=O) groups is 2. The number of rotatable bonds is 7. The van der Waals surface area contributed by atoms with Crippen molar-refractivity contribution in [3.63, 3.8) is 0 Å². The van der Waals surface area contributed by atoms with Crippen molar-refractivity contribution in [3.8, 4) is 22.4 Å². The van der Waals surface area contributed by atoms with Gasteiger partial charge in [-0.3, -0.25) is 14.6 Å². The van der Waals surface area contributed by atoms with E-state index in [9.17, 15) is 18.0 Å². The Bertz CT molecular complexity index is 1830. The average molecular weight is 656 g/mol. The van der Waals surface area contributed by atoms with Gasteiger partial charge in [0, 0.05) is 43.0 Å². The van der Waals surface area contributed by atoms with Crippen molar-refractivity contribution in [2.24, 2.45) is 0 Å². The quantitative estimate of drug-likeness (QED) is 0.240. The topological polar surface area (TPSA) is 125 Å². The monoisotopic (exact) mass is 655 g/mol. The first-order chi connectivity index (χ1) is 22.4. The van der Waals surface area contributed by atoms with Crippen molar-refractivity contribution < 1.29 is 22.7 Å². The van der Waals surface area contributed by atoms with E-state index in [1.54, 1.807) is 11.1 Å². The molecule has 246 valence electrons. The lowest BCUT2D eigenvalue weighted by atomic mass is 10.0. The molecule has 0 unspecified atom stereocenters. The lowest BCUT2D eigenvalue weighted by Gasteiger charge is -2.27. The Morgan fingerprint density at radius 3 is 2.34 bits per heavy atom. The summed E-state index contributed by atoms with van der Waals surface area (Å²) in [5.41, 5.74) is 5.58. The maximum Gasteiger partial charge on any atom is 0.410 e. The Morgan fingerprint density at radius 1 is 0.936 bits per heavy atom. The Hall–Kier alpha value is -4.48. The molecule has 2 fully saturated rings. The van der Waals surface area contributed by atoms with Gasteiger partial charge in [-0.1, -0.05) is 42.5 Å². The van der Waals surface area contributed by atoms with Gasteiger partial charge in [0.2, 0.25) is 0 Å². The number of carbonyl (C=O) groups excluding carboxylic acids is 2. The van der Waals surface area contributed by atoms with Crippen LogP contribution in [0.5, 0.6) is 0 Å². The third-order valence-electron chi connectivity index (χ3n) is 8.50. The van der Waals surface area contributed by atoms with Crippen molar-refractivity contribution in [1.29, 1.82) is 0 Å². The van der Waals surface area contributed by atoms with Crippen LogP contribution in [0.15, 0.2) is 79.0 Å². The molecule has 0 bridgehead atoms. The summed E-state index contributed by atoms with van der Waals surface area (Å²) in [6, 6.07) is 23.1. The van der Waals surface area contributed by atoms with Crippen molar-refractivity contribution >= 4 is 27.5 Å². The number of H-pyrrole nitrogens is 1. The van der Waals surface area contributed by atoms with Crippen molar-refractivity contribution in [3.05, 3.63) is 95.9 Å². The van der Waals surface area contributed by atoms with Crippen LogP contribution in [-0.4, -0.2) is 76.9 Å². The summed E-state index contributed by atoms with van der Waals surface area (Å²) in [4.78, 5) is 37.7. The first-order valence-electron chi connectivity index (χ1n) is 16.0. The number of imidazole rings is 1. The fourth-order valence-electron chi connectivity index (χ4n) is 5.99. The minimum atomic E-state index is -2.90. The molecular formula is C36H41N5O5S. The van der Waals surface area contributed by atoms with Crippen molar-refractivity contribution in [2.45, 2.75) is 51.8 Å². The second-order valence-electron chi connectivity index (χ2n) is 13.3. The van der Waals surface area contributed by atoms with E-state index in [1.807, 2.05) is 87.5 Å². The first kappa shape index (κ1) is 32.5. The molecule has 4 aromatic rings. The fraction of sp³-hybridized carbons (Fsp3) is 0.361. The van der Waals surface area contributed by atoms with Crippen molar-refractivity contribution in [2.75, 3.05) is 36.5 Å². The zero-order valence-electron chi connectivity index (χ0n) is 27.0. The van der Waals surface area contributed by atoms with Gasteiger partial charge in [-0.15, -0.1) is 0 Å². The molecule has 10 nitrogen and oxygen atoms in total. The van der Waals surface area contributed by atoms with E-state index in [2.05, 4.69) is 26.3 Å². The molecular weight excluding hydrogens is 614 g/mol. The zero-order chi connectivity index (χ0) is 33.2. The predicted molar refractivity (Wildman–Crippen MR) is 183 cm³/mol. The normalized spacial score (nSPS) is 18.2. The highest BCUT2D eigenvalue weighted by molar-refractivity contribution is 7.91. The van der Waals surface area contributed by atoms with Gasteiger partial charge in [-0.25, -0.2) is 18.2 Å². The molecule has 2 aliphatic heterocycles. The van der Waals surface area contributed by atoms with Gasteiger partial charge in [0.25, 0.3) is 5.91 Å². The molecule has 3 heterocycles. The van der Waals surface area contributed by atoms with Crippen LogP contribution >= 0.6 is 0 Å². The Kier molecular flexibility index (Phi) is 9.20. The molecule has 0 saturated carbocycles. The molecule has 2 aliphatic rings. The first-order valence-corrected chi connectivity index (χ1v) is 17.8. The predicted octanol–water partition coefficient (Wildman–Crippen LogP) is 6.30. The van der Waals surface area contributed by atoms with Gasteiger partial charge >= 0.3 is 6.09 Å². The summed E-state index contributed by atoms with van der Waals surface area (Å²) >= 11 is 0. The number of hydrogen-bond acceptors (Lipinski definition) is 7. The standard InChI is InChI=1S/C36H41N5O5S/c1-36(2,3)46-35(43)41-17-5-8-32(41)33-37-23-31(39-33)29-7-4-6-28(22-29)26-11-13-27(14-12-26)34(42)38-30-15-9-25(10-16-30)24-40-18-20-47(44,45)21-19-40/h4,6-7,9-16,22-23,32H,5,8,17-21,24H2,1-3H3,(H,37,39)(H,38,42)/t32-/m0/s1. The molecule has 2 saturated heterocycles. The number of nitrogens with zero attached hydrogens (tertiary/aromatic N) is 3. The van der Waals surface area contributed by atoms with Crippen molar-refractivity contribution in [1.82, 2.24) is 19.8 Å². The van der Waals surface area contributed by atoms with Crippen LogP contribution in [0.25, 0.3) is 22.4 Å². The van der Waals surface area contributed by atoms with Crippen LogP contribution < -0.4 is 5.32 Å². The average Bonchev–Trinajstić information content (AvgIpc) is 3.73. The van der Waals surface area contributed by atoms with Crippen LogP contribution in [0.2, 0.25) is 0 Å². The number of sulfone groups is 1. The van der Waals surface area contributed by atoms with Crippen LogP contribution in [0, 0.1) is 0 Å². The lowest BCUT2D eigenvalue weighted by Crippen LogP contribution is -2.39. The van der Waals surface area contributed by atoms with Gasteiger partial charge in [0.1, 0.15) is 11.4 Å². The molecule has 6 rings (SSSR count). The van der Waals surface area contributed by atoms with Gasteiger partial charge < -0.3 is 15.0 Å². The molecule has 11 heteroatoms. The highest BCUT2D eigenvalue weighted by atomic mass is 32.2. The van der Waals surface area contributed by atoms with E-state index in [4.69, 9.17) is 4.74 Å². The number of aromatic amines is 1. The van der Waals surface area contributed by atoms with Crippen LogP contribution in [0.3, 0.4) is 0 Å². The SMILES string of the molecule is CC(C)(C)OC(=O)N1CCC[C@H]1c1ncc(-c2cccc(-c3ccc(C(=O)Nc4ccc(CN5CCS(=O)(=O)CC5)cc4)cc3)c2)[nH]1. The van der Waals surface area contributed by atoms with Gasteiger partial charge in [0.05, 0.1) is 29.4 Å². The summed E-state index contributed by atoms with van der Waals surface area (Å²) in [7, 11) is -2.90. The summed E-state index contributed by atoms with van der Waals surface area (Å²) in [6.45, 7) is 8.02. The van der Waals surface area contributed by atoms with E-state index >= 15 is 0 Å². The fourth-order valence-corrected chi connectivity index (χ4v) is 7.26. The summed E-state index contributed by atoms with van der Waals surface area (Å²) in [5, 5.41) is 2.96. The maximum absolute atomic E-state index is 13.0. The molecule has 0 radical (unpaired) electrons. The summed E-state index contributed by atoms with van der Waals surface area (Å²) in [6.07, 6.45) is 3.21. The summed E-state index contributed by atoms with van der Waals surface area (Å²) < 4.78 is 29.0. The molecule has 0 aliphatic carbocycles. The molecule has 1 atom stereocenters. The highest BCUT2D eigenvalue weighted by Gasteiger charge is 2.35. The van der Waals surface area contributed by atoms with E-state index < -0.39 is 15.4 Å². The number of nitrogens with one attached hydrogen (secondary N) is 2. The molecule has 2 amide bonds. The minimum Gasteiger partial charge on any atom is -0.444 e. The maximum atomic E-state index is 13.0. The second-order valence-corrected chi connectivity index (χ2v) is 15.6. The number of amides is 2. The number of benzene rings is 3. The van der Waals surface area contributed by atoms with Gasteiger partial charge in [-0.05, 0) is 80.6 Å². The molecule has 2 N–H and O–H groups in total. The highest BCUT2D eigenvalue weighted by Crippen LogP contribution is 2.33. The van der Waals surface area contributed by atoms with Gasteiger partial charge in [0.15, 0.2) is 9.84 Å². The third kappa shape index (κ3) is 8.09. The summed E-state index contributed by atoms with van der Waals surface area (Å²) in [5.74, 6) is 0.957. The number of anilines is 1. The number of aromatic nitrogens is 2. The molecule has 0 spiro atoms.